The van der Waals surface area contributed by atoms with Gasteiger partial charge in [0.15, 0.2) is 5.78 Å². The second-order valence-electron chi connectivity index (χ2n) is 3.36. The quantitative estimate of drug-likeness (QED) is 0.540. The van der Waals surface area contributed by atoms with Gasteiger partial charge in [-0.15, -0.1) is 0 Å². The van der Waals surface area contributed by atoms with Gasteiger partial charge in [0.05, 0.1) is 0 Å². The van der Waals surface area contributed by atoms with Crippen LogP contribution in [0.2, 0.25) is 0 Å². The van der Waals surface area contributed by atoms with Gasteiger partial charge in [0.25, 0.3) is 0 Å². The molecule has 1 aliphatic rings. The van der Waals surface area contributed by atoms with Crippen LogP contribution in [0.5, 0.6) is 0 Å². The minimum atomic E-state index is -0.527. The minimum absolute atomic E-state index is 0.0872. The number of ketones is 1. The fourth-order valence-corrected chi connectivity index (χ4v) is 1.07. The molecule has 0 atom stereocenters. The molecule has 0 fully saturated rings. The monoisotopic (exact) mass is 161 g/mol. The summed E-state index contributed by atoms with van der Waals surface area (Å²) in [5.74, 6) is 0.0872. The largest absolute Gasteiger partial charge is 0.306 e. The van der Waals surface area contributed by atoms with E-state index in [4.69, 9.17) is 6.57 Å². The van der Waals surface area contributed by atoms with Crippen LogP contribution in [0, 0.1) is 6.57 Å². The first-order valence-electron chi connectivity index (χ1n) is 3.85. The van der Waals surface area contributed by atoms with Crippen molar-refractivity contribution in [3.8, 4) is 0 Å². The Balaban J connectivity index is 2.92. The lowest BCUT2D eigenvalue weighted by Gasteiger charge is -2.15. The smallest absolute Gasteiger partial charge is 0.248 e. The standard InChI is InChI=1S/C10H11NO/c1-10(2,11-3)8-5-4-6-9(12)7-8/h4-6H,7H2,1-2H3. The van der Waals surface area contributed by atoms with Crippen molar-refractivity contribution >= 4 is 5.78 Å². The number of carbonyl (C=O) groups excluding carboxylic acids is 1. The highest BCUT2D eigenvalue weighted by atomic mass is 16.1. The Morgan fingerprint density at radius 3 is 2.75 bits per heavy atom. The number of hydrogen-bond acceptors (Lipinski definition) is 1. The van der Waals surface area contributed by atoms with Crippen molar-refractivity contribution < 1.29 is 4.79 Å². The molecule has 0 aromatic carbocycles. The molecule has 2 nitrogen and oxygen atoms in total. The third kappa shape index (κ3) is 1.62. The average Bonchev–Trinajstić information content (AvgIpc) is 2.05. The fourth-order valence-electron chi connectivity index (χ4n) is 1.07. The van der Waals surface area contributed by atoms with Gasteiger partial charge in [-0.2, -0.15) is 0 Å². The summed E-state index contributed by atoms with van der Waals surface area (Å²) in [5, 5.41) is 0. The Hall–Kier alpha value is -1.36. The number of allylic oxidation sites excluding steroid dienone is 3. The van der Waals surface area contributed by atoms with Crippen LogP contribution in [0.4, 0.5) is 0 Å². The highest BCUT2D eigenvalue weighted by Crippen LogP contribution is 2.25. The molecule has 0 radical (unpaired) electrons. The molecule has 0 bridgehead atoms. The lowest BCUT2D eigenvalue weighted by atomic mass is 9.88. The first-order valence-corrected chi connectivity index (χ1v) is 3.85. The van der Waals surface area contributed by atoms with Crippen molar-refractivity contribution in [3.05, 3.63) is 35.2 Å². The van der Waals surface area contributed by atoms with Gasteiger partial charge in [0.2, 0.25) is 5.54 Å². The molecule has 0 heterocycles. The molecule has 0 aliphatic heterocycles. The van der Waals surface area contributed by atoms with Crippen molar-refractivity contribution in [1.82, 2.24) is 0 Å². The molecule has 2 heteroatoms. The topological polar surface area (TPSA) is 21.4 Å². The van der Waals surface area contributed by atoms with E-state index in [1.807, 2.05) is 19.9 Å². The van der Waals surface area contributed by atoms with Crippen molar-refractivity contribution in [2.24, 2.45) is 0 Å². The van der Waals surface area contributed by atoms with E-state index in [1.165, 1.54) is 0 Å². The highest BCUT2D eigenvalue weighted by molar-refractivity contribution is 5.93. The number of hydrogen-bond donors (Lipinski definition) is 0. The first-order chi connectivity index (χ1) is 5.56. The van der Waals surface area contributed by atoms with Crippen LogP contribution in [0.3, 0.4) is 0 Å². The van der Waals surface area contributed by atoms with E-state index in [2.05, 4.69) is 4.85 Å². The van der Waals surface area contributed by atoms with Gasteiger partial charge < -0.3 is 4.85 Å². The molecular weight excluding hydrogens is 150 g/mol. The molecule has 0 saturated carbocycles. The van der Waals surface area contributed by atoms with Crippen LogP contribution in [-0.4, -0.2) is 11.3 Å². The minimum Gasteiger partial charge on any atom is -0.306 e. The number of carbonyl (C=O) groups is 1. The lowest BCUT2D eigenvalue weighted by molar-refractivity contribution is -0.114. The van der Waals surface area contributed by atoms with Gasteiger partial charge in [0, 0.05) is 25.8 Å². The summed E-state index contributed by atoms with van der Waals surface area (Å²) in [4.78, 5) is 14.5. The molecular formula is C10H11NO. The molecule has 0 aromatic heterocycles. The summed E-state index contributed by atoms with van der Waals surface area (Å²) in [6, 6.07) is 0. The first kappa shape index (κ1) is 8.73. The zero-order valence-corrected chi connectivity index (χ0v) is 7.29. The maximum absolute atomic E-state index is 11.0. The van der Waals surface area contributed by atoms with Crippen molar-refractivity contribution in [2.45, 2.75) is 25.8 Å². The van der Waals surface area contributed by atoms with E-state index in [9.17, 15) is 4.79 Å². The summed E-state index contributed by atoms with van der Waals surface area (Å²) < 4.78 is 0. The van der Waals surface area contributed by atoms with E-state index in [0.717, 1.165) is 5.57 Å². The molecule has 0 spiro atoms. The average molecular weight is 161 g/mol. The van der Waals surface area contributed by atoms with Crippen LogP contribution in [0.1, 0.15) is 20.3 Å². The van der Waals surface area contributed by atoms with Crippen LogP contribution < -0.4 is 0 Å². The predicted octanol–water partition coefficient (Wildman–Crippen LogP) is 2.14. The molecule has 0 N–H and O–H groups in total. The second-order valence-corrected chi connectivity index (χ2v) is 3.36. The third-order valence-corrected chi connectivity index (χ3v) is 2.01. The normalized spacial score (nSPS) is 17.1. The van der Waals surface area contributed by atoms with E-state index in [1.54, 1.807) is 12.2 Å². The molecule has 0 amide bonds. The summed E-state index contributed by atoms with van der Waals surface area (Å²) in [6.45, 7) is 10.6. The molecule has 1 rings (SSSR count). The van der Waals surface area contributed by atoms with E-state index >= 15 is 0 Å². The maximum atomic E-state index is 11.0. The van der Waals surface area contributed by atoms with Gasteiger partial charge >= 0.3 is 0 Å². The van der Waals surface area contributed by atoms with Gasteiger partial charge in [-0.3, -0.25) is 4.79 Å². The number of rotatable bonds is 1. The lowest BCUT2D eigenvalue weighted by Crippen LogP contribution is -2.20. The molecule has 1 aliphatic carbocycles. The van der Waals surface area contributed by atoms with Crippen molar-refractivity contribution in [3.63, 3.8) is 0 Å². The molecule has 0 aromatic rings. The Morgan fingerprint density at radius 1 is 1.58 bits per heavy atom. The summed E-state index contributed by atoms with van der Waals surface area (Å²) in [5.41, 5.74) is 0.380. The Labute approximate surface area is 72.4 Å². The van der Waals surface area contributed by atoms with Crippen LogP contribution >= 0.6 is 0 Å². The van der Waals surface area contributed by atoms with Gasteiger partial charge in [0.1, 0.15) is 0 Å². The van der Waals surface area contributed by atoms with E-state index < -0.39 is 5.54 Å². The van der Waals surface area contributed by atoms with Crippen molar-refractivity contribution in [1.29, 1.82) is 0 Å². The SMILES string of the molecule is [C-]#[N+]C(C)(C)C1=CC=CC(=O)C1. The van der Waals surface area contributed by atoms with Gasteiger partial charge in [-0.25, -0.2) is 6.57 Å². The molecule has 12 heavy (non-hydrogen) atoms. The zero-order valence-electron chi connectivity index (χ0n) is 7.29. The van der Waals surface area contributed by atoms with E-state index in [0.29, 0.717) is 6.42 Å². The zero-order chi connectivity index (χ0) is 9.19. The van der Waals surface area contributed by atoms with Crippen molar-refractivity contribution in [2.75, 3.05) is 0 Å². The highest BCUT2D eigenvalue weighted by Gasteiger charge is 2.30. The Morgan fingerprint density at radius 2 is 2.25 bits per heavy atom. The molecule has 0 unspecified atom stereocenters. The fraction of sp³-hybridized carbons (Fsp3) is 0.400. The predicted molar refractivity (Wildman–Crippen MR) is 47.5 cm³/mol. The van der Waals surface area contributed by atoms with Gasteiger partial charge in [-0.1, -0.05) is 12.2 Å². The summed E-state index contributed by atoms with van der Waals surface area (Å²) >= 11 is 0. The maximum Gasteiger partial charge on any atom is 0.248 e. The van der Waals surface area contributed by atoms with Crippen LogP contribution in [-0.2, 0) is 4.79 Å². The second kappa shape index (κ2) is 2.94. The van der Waals surface area contributed by atoms with Crippen LogP contribution in [0.15, 0.2) is 23.8 Å². The summed E-state index contributed by atoms with van der Waals surface area (Å²) in [7, 11) is 0. The Bertz CT molecular complexity index is 302. The molecule has 62 valence electrons. The van der Waals surface area contributed by atoms with Gasteiger partial charge in [-0.05, 0) is 6.08 Å². The summed E-state index contributed by atoms with van der Waals surface area (Å²) in [6.07, 6.45) is 5.52. The van der Waals surface area contributed by atoms with Crippen LogP contribution in [0.25, 0.3) is 4.85 Å². The number of nitrogens with zero attached hydrogens (tertiary/aromatic N) is 1. The van der Waals surface area contributed by atoms with E-state index in [-0.39, 0.29) is 5.78 Å². The third-order valence-electron chi connectivity index (χ3n) is 2.01. The Kier molecular flexibility index (Phi) is 2.14. The molecule has 0 saturated heterocycles.